The van der Waals surface area contributed by atoms with Crippen LogP contribution in [0, 0.1) is 0 Å². The van der Waals surface area contributed by atoms with E-state index in [1.54, 1.807) is 20.8 Å². The lowest BCUT2D eigenvalue weighted by Gasteiger charge is -2.19. The molecule has 0 heterocycles. The summed E-state index contributed by atoms with van der Waals surface area (Å²) in [6, 6.07) is -1.22. The first kappa shape index (κ1) is 23.6. The fraction of sp³-hybridized carbons (Fsp3) is 0.750. The highest BCUT2D eigenvalue weighted by atomic mass is 16.6. The van der Waals surface area contributed by atoms with E-state index in [2.05, 4.69) is 16.0 Å². The van der Waals surface area contributed by atoms with Gasteiger partial charge in [0.1, 0.15) is 11.6 Å². The van der Waals surface area contributed by atoms with Crippen LogP contribution in [0.3, 0.4) is 0 Å². The fourth-order valence-corrected chi connectivity index (χ4v) is 1.85. The normalized spacial score (nSPS) is 12.1. The quantitative estimate of drug-likeness (QED) is 0.305. The van der Waals surface area contributed by atoms with Crippen LogP contribution in [0.1, 0.15) is 46.5 Å². The van der Waals surface area contributed by atoms with Gasteiger partial charge in [0.2, 0.25) is 5.91 Å². The predicted molar refractivity (Wildman–Crippen MR) is 92.8 cm³/mol. The predicted octanol–water partition coefficient (Wildman–Crippen LogP) is 0.315. The van der Waals surface area contributed by atoms with Crippen LogP contribution in [0.4, 0.5) is 4.79 Å². The lowest BCUT2D eigenvalue weighted by molar-refractivity contribution is -0.142. The average molecular weight is 375 g/mol. The molecule has 0 bridgehead atoms. The van der Waals surface area contributed by atoms with Crippen LogP contribution in [0.5, 0.6) is 0 Å². The molecule has 0 aromatic carbocycles. The van der Waals surface area contributed by atoms with Crippen LogP contribution < -0.4 is 16.0 Å². The Morgan fingerprint density at radius 2 is 1.65 bits per heavy atom. The highest BCUT2D eigenvalue weighted by molar-refractivity contribution is 5.85. The molecular weight excluding hydrogens is 346 g/mol. The maximum Gasteiger partial charge on any atom is 0.407 e. The summed E-state index contributed by atoms with van der Waals surface area (Å²) in [5.74, 6) is -2.91. The molecule has 0 saturated heterocycles. The first-order chi connectivity index (χ1) is 12.0. The summed E-state index contributed by atoms with van der Waals surface area (Å²) in [5.41, 5.74) is -0.544. The Hall–Kier alpha value is -2.36. The molecule has 10 nitrogen and oxygen atoms in total. The molecule has 0 aliphatic carbocycles. The number of hydrogen-bond acceptors (Lipinski definition) is 6. The van der Waals surface area contributed by atoms with E-state index in [9.17, 15) is 19.2 Å². The first-order valence-corrected chi connectivity index (χ1v) is 8.43. The van der Waals surface area contributed by atoms with Crippen molar-refractivity contribution >= 4 is 23.9 Å². The summed E-state index contributed by atoms with van der Waals surface area (Å²) >= 11 is 0. The van der Waals surface area contributed by atoms with Crippen LogP contribution in [0.2, 0.25) is 0 Å². The van der Waals surface area contributed by atoms with Crippen molar-refractivity contribution in [2.75, 3.05) is 19.6 Å². The van der Waals surface area contributed by atoms with E-state index < -0.39 is 35.6 Å². The van der Waals surface area contributed by atoms with Gasteiger partial charge in [0.05, 0.1) is 6.54 Å². The number of alkyl carbamates (subject to hydrolysis) is 1. The maximum absolute atomic E-state index is 11.7. The highest BCUT2D eigenvalue weighted by Crippen LogP contribution is 2.06. The molecule has 0 spiro atoms. The lowest BCUT2D eigenvalue weighted by Crippen LogP contribution is -2.45. The lowest BCUT2D eigenvalue weighted by atomic mass is 10.1. The zero-order valence-electron chi connectivity index (χ0n) is 15.5. The van der Waals surface area contributed by atoms with Gasteiger partial charge < -0.3 is 30.9 Å². The van der Waals surface area contributed by atoms with Gasteiger partial charge in [-0.25, -0.2) is 9.59 Å². The minimum atomic E-state index is -1.27. The summed E-state index contributed by atoms with van der Waals surface area (Å²) < 4.78 is 5.08. The van der Waals surface area contributed by atoms with Crippen molar-refractivity contribution in [3.63, 3.8) is 0 Å². The number of rotatable bonds is 12. The molecule has 0 aliphatic rings. The van der Waals surface area contributed by atoms with Crippen LogP contribution in [-0.4, -0.2) is 65.4 Å². The molecule has 0 fully saturated rings. The molecule has 150 valence electrons. The van der Waals surface area contributed by atoms with Gasteiger partial charge in [0.15, 0.2) is 0 Å². The van der Waals surface area contributed by atoms with Gasteiger partial charge in [0, 0.05) is 13.0 Å². The van der Waals surface area contributed by atoms with E-state index >= 15 is 0 Å². The van der Waals surface area contributed by atoms with Crippen molar-refractivity contribution in [3.8, 4) is 0 Å². The SMILES string of the molecule is CC(C)(C)OC(=O)NCCCCNCC(=O)NC(CCC(=O)O)C(=O)O. The molecule has 1 atom stereocenters. The minimum absolute atomic E-state index is 0.0731. The van der Waals surface area contributed by atoms with Crippen molar-refractivity contribution in [2.45, 2.75) is 58.1 Å². The number of unbranched alkanes of at least 4 members (excludes halogenated alkanes) is 1. The smallest absolute Gasteiger partial charge is 0.407 e. The van der Waals surface area contributed by atoms with Crippen molar-refractivity contribution in [1.82, 2.24) is 16.0 Å². The molecule has 10 heteroatoms. The minimum Gasteiger partial charge on any atom is -0.481 e. The van der Waals surface area contributed by atoms with E-state index in [1.807, 2.05) is 0 Å². The Kier molecular flexibility index (Phi) is 11.0. The Labute approximate surface area is 152 Å². The topological polar surface area (TPSA) is 154 Å². The molecule has 1 unspecified atom stereocenters. The number of hydrogen-bond donors (Lipinski definition) is 5. The molecule has 5 N–H and O–H groups in total. The number of carbonyl (C=O) groups excluding carboxylic acids is 2. The summed E-state index contributed by atoms with van der Waals surface area (Å²) in [7, 11) is 0. The average Bonchev–Trinajstić information content (AvgIpc) is 2.48. The summed E-state index contributed by atoms with van der Waals surface area (Å²) in [5, 5.41) is 25.3. The molecule has 2 amide bonds. The van der Waals surface area contributed by atoms with Gasteiger partial charge in [-0.2, -0.15) is 0 Å². The number of aliphatic carboxylic acids is 2. The molecular formula is C16H29N3O7. The fourth-order valence-electron chi connectivity index (χ4n) is 1.85. The number of carbonyl (C=O) groups is 4. The van der Waals surface area contributed by atoms with Gasteiger partial charge in [-0.15, -0.1) is 0 Å². The third kappa shape index (κ3) is 14.0. The molecule has 0 radical (unpaired) electrons. The van der Waals surface area contributed by atoms with Crippen LogP contribution in [0.25, 0.3) is 0 Å². The Morgan fingerprint density at radius 1 is 1.04 bits per heavy atom. The monoisotopic (exact) mass is 375 g/mol. The molecule has 0 aromatic heterocycles. The second-order valence-corrected chi connectivity index (χ2v) is 6.70. The maximum atomic E-state index is 11.7. The third-order valence-electron chi connectivity index (χ3n) is 3.01. The van der Waals surface area contributed by atoms with Gasteiger partial charge in [-0.1, -0.05) is 0 Å². The van der Waals surface area contributed by atoms with Crippen molar-refractivity contribution < 1.29 is 34.1 Å². The van der Waals surface area contributed by atoms with Gasteiger partial charge >= 0.3 is 18.0 Å². The van der Waals surface area contributed by atoms with Crippen LogP contribution in [-0.2, 0) is 19.1 Å². The van der Waals surface area contributed by atoms with Crippen LogP contribution >= 0.6 is 0 Å². The van der Waals surface area contributed by atoms with E-state index in [0.29, 0.717) is 25.9 Å². The standard InChI is InChI=1S/C16H29N3O7/c1-16(2,3)26-15(25)18-9-5-4-8-17-10-12(20)19-11(14(23)24)6-7-13(21)22/h11,17H,4-10H2,1-3H3,(H,18,25)(H,19,20)(H,21,22)(H,23,24). The van der Waals surface area contributed by atoms with Crippen LogP contribution in [0.15, 0.2) is 0 Å². The first-order valence-electron chi connectivity index (χ1n) is 8.43. The number of carboxylic acids is 2. The number of carboxylic acid groups (broad SMARTS) is 2. The van der Waals surface area contributed by atoms with Crippen molar-refractivity contribution in [3.05, 3.63) is 0 Å². The van der Waals surface area contributed by atoms with E-state index in [4.69, 9.17) is 14.9 Å². The van der Waals surface area contributed by atoms with Gasteiger partial charge in [-0.05, 0) is 46.6 Å². The largest absolute Gasteiger partial charge is 0.481 e. The zero-order chi connectivity index (χ0) is 20.2. The molecule has 26 heavy (non-hydrogen) atoms. The second-order valence-electron chi connectivity index (χ2n) is 6.70. The van der Waals surface area contributed by atoms with Crippen molar-refractivity contribution in [1.29, 1.82) is 0 Å². The molecule has 0 saturated carbocycles. The number of ether oxygens (including phenoxy) is 1. The number of amides is 2. The second kappa shape index (κ2) is 12.1. The van der Waals surface area contributed by atoms with E-state index in [-0.39, 0.29) is 19.4 Å². The molecule has 0 aromatic rings. The molecule has 0 rings (SSSR count). The van der Waals surface area contributed by atoms with E-state index in [1.165, 1.54) is 0 Å². The van der Waals surface area contributed by atoms with Gasteiger partial charge in [-0.3, -0.25) is 9.59 Å². The Morgan fingerprint density at radius 3 is 2.19 bits per heavy atom. The zero-order valence-corrected chi connectivity index (χ0v) is 15.5. The Balaban J connectivity index is 3.80. The van der Waals surface area contributed by atoms with Crippen molar-refractivity contribution in [2.24, 2.45) is 0 Å². The van der Waals surface area contributed by atoms with E-state index in [0.717, 1.165) is 0 Å². The highest BCUT2D eigenvalue weighted by Gasteiger charge is 2.20. The number of nitrogens with one attached hydrogen (secondary N) is 3. The third-order valence-corrected chi connectivity index (χ3v) is 3.01. The molecule has 0 aliphatic heterocycles. The Bertz CT molecular complexity index is 489. The van der Waals surface area contributed by atoms with Gasteiger partial charge in [0.25, 0.3) is 0 Å². The summed E-state index contributed by atoms with van der Waals surface area (Å²) in [6.45, 7) is 6.21. The summed E-state index contributed by atoms with van der Waals surface area (Å²) in [6.07, 6.45) is 0.391. The summed E-state index contributed by atoms with van der Waals surface area (Å²) in [4.78, 5) is 44.5.